The molecule has 118 valence electrons. The number of ether oxygens (including phenoxy) is 1. The lowest BCUT2D eigenvalue weighted by molar-refractivity contribution is -0.143. The minimum absolute atomic E-state index is 0.0249. The van der Waals surface area contributed by atoms with Gasteiger partial charge in [-0.3, -0.25) is 14.4 Å². The molecule has 7 heteroatoms. The zero-order valence-corrected chi connectivity index (χ0v) is 12.4. The van der Waals surface area contributed by atoms with E-state index in [1.165, 1.54) is 4.90 Å². The summed E-state index contributed by atoms with van der Waals surface area (Å²) in [5.41, 5.74) is 12.9. The van der Waals surface area contributed by atoms with Gasteiger partial charge in [-0.25, -0.2) is 0 Å². The number of nitrogens with zero attached hydrogens (tertiary/aromatic N) is 1. The molecule has 1 atom stereocenters. The normalized spacial score (nSPS) is 14.6. The number of carbonyl (C=O) groups excluding carboxylic acids is 3. The molecule has 7 nitrogen and oxygen atoms in total. The molecule has 1 aromatic rings. The van der Waals surface area contributed by atoms with Crippen LogP contribution in [-0.4, -0.2) is 35.3 Å². The molecule has 2 amide bonds. The number of anilines is 1. The molecule has 0 radical (unpaired) electrons. The maximum Gasteiger partial charge on any atom is 0.305 e. The average Bonchev–Trinajstić information content (AvgIpc) is 2.78. The van der Waals surface area contributed by atoms with Gasteiger partial charge in [0, 0.05) is 29.8 Å². The fourth-order valence-corrected chi connectivity index (χ4v) is 2.57. The molecule has 0 aromatic heterocycles. The van der Waals surface area contributed by atoms with E-state index in [0.29, 0.717) is 16.8 Å². The van der Waals surface area contributed by atoms with Crippen LogP contribution in [0.2, 0.25) is 0 Å². The first-order chi connectivity index (χ1) is 10.5. The highest BCUT2D eigenvalue weighted by Crippen LogP contribution is 2.29. The Balaban J connectivity index is 2.14. The molecular formula is C15H19N3O4. The van der Waals surface area contributed by atoms with Gasteiger partial charge in [0.1, 0.15) is 6.04 Å². The first kappa shape index (κ1) is 15.8. The Labute approximate surface area is 128 Å². The predicted molar refractivity (Wildman–Crippen MR) is 79.6 cm³/mol. The molecule has 0 spiro atoms. The van der Waals surface area contributed by atoms with Crippen LogP contribution in [0, 0.1) is 0 Å². The molecule has 0 fully saturated rings. The van der Waals surface area contributed by atoms with Crippen LogP contribution in [0.4, 0.5) is 5.69 Å². The van der Waals surface area contributed by atoms with Crippen LogP contribution in [0.3, 0.4) is 0 Å². The van der Waals surface area contributed by atoms with Crippen molar-refractivity contribution >= 4 is 23.5 Å². The van der Waals surface area contributed by atoms with E-state index in [9.17, 15) is 14.4 Å². The van der Waals surface area contributed by atoms with Gasteiger partial charge in [-0.05, 0) is 25.5 Å². The zero-order valence-electron chi connectivity index (χ0n) is 12.4. The summed E-state index contributed by atoms with van der Waals surface area (Å²) >= 11 is 0. The van der Waals surface area contributed by atoms with Gasteiger partial charge < -0.3 is 21.1 Å². The highest BCUT2D eigenvalue weighted by molar-refractivity contribution is 6.02. The number of nitrogen functional groups attached to an aromatic ring is 1. The predicted octanol–water partition coefficient (Wildman–Crippen LogP) is 0.422. The minimum atomic E-state index is -0.858. The van der Waals surface area contributed by atoms with E-state index < -0.39 is 17.9 Å². The molecule has 2 rings (SSSR count). The Hall–Kier alpha value is -2.57. The highest BCUT2D eigenvalue weighted by atomic mass is 16.5. The quantitative estimate of drug-likeness (QED) is 0.584. The number of rotatable bonds is 6. The largest absolute Gasteiger partial charge is 0.466 e. The molecule has 4 N–H and O–H groups in total. The van der Waals surface area contributed by atoms with Crippen LogP contribution in [0.25, 0.3) is 0 Å². The highest BCUT2D eigenvalue weighted by Gasteiger charge is 2.36. The third kappa shape index (κ3) is 3.03. The number of esters is 1. The Bertz CT molecular complexity index is 615. The summed E-state index contributed by atoms with van der Waals surface area (Å²) < 4.78 is 4.83. The van der Waals surface area contributed by atoms with Gasteiger partial charge in [0.25, 0.3) is 5.91 Å². The molecular weight excluding hydrogens is 286 g/mol. The maximum absolute atomic E-state index is 12.4. The summed E-state index contributed by atoms with van der Waals surface area (Å²) in [4.78, 5) is 36.9. The number of primary amides is 1. The van der Waals surface area contributed by atoms with Gasteiger partial charge in [-0.1, -0.05) is 6.07 Å². The Morgan fingerprint density at radius 3 is 2.73 bits per heavy atom. The maximum atomic E-state index is 12.4. The van der Waals surface area contributed by atoms with Crippen LogP contribution in [0.15, 0.2) is 18.2 Å². The van der Waals surface area contributed by atoms with Crippen molar-refractivity contribution in [3.05, 3.63) is 29.3 Å². The van der Waals surface area contributed by atoms with Crippen molar-refractivity contribution in [2.75, 3.05) is 12.3 Å². The Morgan fingerprint density at radius 2 is 2.14 bits per heavy atom. The summed E-state index contributed by atoms with van der Waals surface area (Å²) in [5.74, 6) is -1.36. The number of hydrogen-bond acceptors (Lipinski definition) is 5. The van der Waals surface area contributed by atoms with Crippen molar-refractivity contribution in [1.29, 1.82) is 0 Å². The lowest BCUT2D eigenvalue weighted by Crippen LogP contribution is -2.45. The summed E-state index contributed by atoms with van der Waals surface area (Å²) in [6.45, 7) is 2.19. The molecule has 1 aliphatic heterocycles. The lowest BCUT2D eigenvalue weighted by atomic mass is 10.1. The minimum Gasteiger partial charge on any atom is -0.466 e. The van der Waals surface area contributed by atoms with Crippen molar-refractivity contribution in [3.8, 4) is 0 Å². The van der Waals surface area contributed by atoms with Gasteiger partial charge in [-0.15, -0.1) is 0 Å². The molecule has 0 aliphatic carbocycles. The third-order valence-corrected chi connectivity index (χ3v) is 3.66. The second-order valence-corrected chi connectivity index (χ2v) is 5.07. The van der Waals surface area contributed by atoms with E-state index in [-0.39, 0.29) is 31.9 Å². The molecule has 0 bridgehead atoms. The smallest absolute Gasteiger partial charge is 0.305 e. The fraction of sp³-hybridized carbons (Fsp3) is 0.400. The van der Waals surface area contributed by atoms with Crippen molar-refractivity contribution in [3.63, 3.8) is 0 Å². The summed E-state index contributed by atoms with van der Waals surface area (Å²) in [7, 11) is 0. The summed E-state index contributed by atoms with van der Waals surface area (Å²) in [6, 6.07) is 4.20. The zero-order chi connectivity index (χ0) is 16.3. The van der Waals surface area contributed by atoms with E-state index in [2.05, 4.69) is 0 Å². The van der Waals surface area contributed by atoms with Crippen molar-refractivity contribution < 1.29 is 19.1 Å². The number of fused-ring (bicyclic) bond motifs is 1. The van der Waals surface area contributed by atoms with Crippen LogP contribution in [-0.2, 0) is 20.9 Å². The molecule has 1 aliphatic rings. The SMILES string of the molecule is CCOC(=O)CCC(C(N)=O)N1Cc2c(N)cccc2C1=O. The number of nitrogens with two attached hydrogens (primary N) is 2. The molecule has 0 saturated carbocycles. The standard InChI is InChI=1S/C15H19N3O4/c1-2-22-13(19)7-6-12(14(17)20)18-8-10-9(15(18)21)4-3-5-11(10)16/h3-5,12H,2,6-8,16H2,1H3,(H2,17,20). The van der Waals surface area contributed by atoms with Gasteiger partial charge in [0.15, 0.2) is 0 Å². The van der Waals surface area contributed by atoms with E-state index in [1.54, 1.807) is 25.1 Å². The number of amides is 2. The first-order valence-electron chi connectivity index (χ1n) is 7.09. The van der Waals surface area contributed by atoms with Crippen molar-refractivity contribution in [2.24, 2.45) is 5.73 Å². The Kier molecular flexibility index (Phi) is 4.65. The molecule has 0 saturated heterocycles. The first-order valence-corrected chi connectivity index (χ1v) is 7.09. The van der Waals surface area contributed by atoms with E-state index in [4.69, 9.17) is 16.2 Å². The van der Waals surface area contributed by atoms with Crippen LogP contribution >= 0.6 is 0 Å². The molecule has 1 unspecified atom stereocenters. The average molecular weight is 305 g/mol. The van der Waals surface area contributed by atoms with E-state index >= 15 is 0 Å². The molecule has 22 heavy (non-hydrogen) atoms. The van der Waals surface area contributed by atoms with Gasteiger partial charge >= 0.3 is 5.97 Å². The third-order valence-electron chi connectivity index (χ3n) is 3.66. The second-order valence-electron chi connectivity index (χ2n) is 5.07. The van der Waals surface area contributed by atoms with Gasteiger partial charge in [0.2, 0.25) is 5.91 Å². The Morgan fingerprint density at radius 1 is 1.41 bits per heavy atom. The van der Waals surface area contributed by atoms with Crippen LogP contribution < -0.4 is 11.5 Å². The lowest BCUT2D eigenvalue weighted by Gasteiger charge is -2.24. The monoisotopic (exact) mass is 305 g/mol. The van der Waals surface area contributed by atoms with E-state index in [0.717, 1.165) is 0 Å². The van der Waals surface area contributed by atoms with Gasteiger partial charge in [0.05, 0.1) is 6.61 Å². The molecule has 1 heterocycles. The van der Waals surface area contributed by atoms with Crippen LogP contribution in [0.1, 0.15) is 35.7 Å². The number of benzene rings is 1. The van der Waals surface area contributed by atoms with Crippen molar-refractivity contribution in [2.45, 2.75) is 32.4 Å². The summed E-state index contributed by atoms with van der Waals surface area (Å²) in [5, 5.41) is 0. The fourth-order valence-electron chi connectivity index (χ4n) is 2.57. The van der Waals surface area contributed by atoms with E-state index in [1.807, 2.05) is 0 Å². The number of carbonyl (C=O) groups is 3. The van der Waals surface area contributed by atoms with Crippen LogP contribution in [0.5, 0.6) is 0 Å². The second kappa shape index (κ2) is 6.46. The summed E-state index contributed by atoms with van der Waals surface area (Å²) in [6.07, 6.45) is 0.158. The molecule has 1 aromatic carbocycles. The topological polar surface area (TPSA) is 116 Å². The van der Waals surface area contributed by atoms with Gasteiger partial charge in [-0.2, -0.15) is 0 Å². The number of hydrogen-bond donors (Lipinski definition) is 2. The van der Waals surface area contributed by atoms with Crippen molar-refractivity contribution in [1.82, 2.24) is 4.90 Å².